The number of β-amino-alcohol motifs (C(OH)–C–C–N with tert-alkyl or cyclic N) is 1. The first kappa shape index (κ1) is 10.6. The summed E-state index contributed by atoms with van der Waals surface area (Å²) in [6.07, 6.45) is 0.732. The van der Waals surface area contributed by atoms with E-state index in [1.807, 2.05) is 18.2 Å². The Morgan fingerprint density at radius 3 is 2.87 bits per heavy atom. The fourth-order valence-corrected chi connectivity index (χ4v) is 1.93. The Bertz CT molecular complexity index is 289. The van der Waals surface area contributed by atoms with Gasteiger partial charge in [0.15, 0.2) is 0 Å². The van der Waals surface area contributed by atoms with Crippen molar-refractivity contribution in [3.05, 3.63) is 35.9 Å². The van der Waals surface area contributed by atoms with Crippen molar-refractivity contribution in [3.8, 4) is 0 Å². The van der Waals surface area contributed by atoms with Crippen LogP contribution >= 0.6 is 0 Å². The molecule has 1 saturated heterocycles. The molecular formula is C12H18N2O. The van der Waals surface area contributed by atoms with Gasteiger partial charge >= 0.3 is 0 Å². The zero-order valence-electron chi connectivity index (χ0n) is 8.82. The van der Waals surface area contributed by atoms with E-state index in [4.69, 9.17) is 0 Å². The van der Waals surface area contributed by atoms with Crippen molar-refractivity contribution in [2.75, 3.05) is 13.1 Å². The van der Waals surface area contributed by atoms with Crippen molar-refractivity contribution >= 4 is 0 Å². The first-order valence-electron chi connectivity index (χ1n) is 5.52. The minimum atomic E-state index is -0.262. The molecule has 0 amide bonds. The molecule has 3 nitrogen and oxygen atoms in total. The molecule has 1 heterocycles. The Hall–Kier alpha value is -0.900. The van der Waals surface area contributed by atoms with Crippen LogP contribution in [0.25, 0.3) is 0 Å². The minimum Gasteiger partial charge on any atom is -0.390 e. The Morgan fingerprint density at radius 1 is 1.33 bits per heavy atom. The highest BCUT2D eigenvalue weighted by atomic mass is 16.3. The lowest BCUT2D eigenvalue weighted by molar-refractivity contribution is 0.102. The summed E-state index contributed by atoms with van der Waals surface area (Å²) in [5, 5.41) is 16.3. The van der Waals surface area contributed by atoms with Crippen LogP contribution in [0, 0.1) is 0 Å². The second kappa shape index (κ2) is 5.26. The number of piperidine rings is 1. The first-order valence-corrected chi connectivity index (χ1v) is 5.52. The van der Waals surface area contributed by atoms with Gasteiger partial charge in [0, 0.05) is 19.1 Å². The highest BCUT2D eigenvalue weighted by Gasteiger charge is 2.21. The Morgan fingerprint density at radius 2 is 2.13 bits per heavy atom. The first-order chi connectivity index (χ1) is 7.36. The Labute approximate surface area is 90.5 Å². The molecule has 1 aliphatic heterocycles. The highest BCUT2D eigenvalue weighted by Crippen LogP contribution is 2.05. The van der Waals surface area contributed by atoms with Crippen LogP contribution in [0.5, 0.6) is 0 Å². The van der Waals surface area contributed by atoms with Crippen LogP contribution in [0.1, 0.15) is 12.0 Å². The Balaban J connectivity index is 1.82. The van der Waals surface area contributed by atoms with E-state index in [1.165, 1.54) is 5.56 Å². The molecule has 3 heteroatoms. The number of aliphatic hydroxyl groups is 1. The van der Waals surface area contributed by atoms with E-state index in [1.54, 1.807) is 0 Å². The number of benzene rings is 1. The van der Waals surface area contributed by atoms with Crippen LogP contribution in [0.4, 0.5) is 0 Å². The average molecular weight is 206 g/mol. The number of aliphatic hydroxyl groups excluding tert-OH is 1. The molecule has 0 aromatic heterocycles. The summed E-state index contributed by atoms with van der Waals surface area (Å²) in [7, 11) is 0. The van der Waals surface area contributed by atoms with Crippen molar-refractivity contribution < 1.29 is 5.11 Å². The molecule has 0 bridgehead atoms. The molecule has 1 aliphatic rings. The third kappa shape index (κ3) is 3.02. The molecule has 82 valence electrons. The second-order valence-corrected chi connectivity index (χ2v) is 4.03. The third-order valence-electron chi connectivity index (χ3n) is 2.86. The lowest BCUT2D eigenvalue weighted by Crippen LogP contribution is -2.50. The van der Waals surface area contributed by atoms with Crippen LogP contribution < -0.4 is 10.6 Å². The summed E-state index contributed by atoms with van der Waals surface area (Å²) in [6.45, 7) is 2.53. The van der Waals surface area contributed by atoms with E-state index in [9.17, 15) is 5.11 Å². The standard InChI is InChI=1S/C12H18N2O/c15-12-9-13-7-6-11(12)14-8-10-4-2-1-3-5-10/h1-5,11-15H,6-9H2/t11-,12-/m0/s1. The zero-order valence-corrected chi connectivity index (χ0v) is 8.82. The molecule has 0 saturated carbocycles. The predicted octanol–water partition coefficient (Wildman–Crippen LogP) is 0.499. The predicted molar refractivity (Wildman–Crippen MR) is 60.6 cm³/mol. The average Bonchev–Trinajstić information content (AvgIpc) is 2.29. The molecular weight excluding hydrogens is 188 g/mol. The number of hydrogen-bond donors (Lipinski definition) is 3. The molecule has 2 rings (SSSR count). The third-order valence-corrected chi connectivity index (χ3v) is 2.86. The maximum Gasteiger partial charge on any atom is 0.0817 e. The lowest BCUT2D eigenvalue weighted by atomic mass is 10.0. The van der Waals surface area contributed by atoms with E-state index in [0.29, 0.717) is 6.54 Å². The molecule has 1 aromatic rings. The molecule has 0 unspecified atom stereocenters. The number of rotatable bonds is 3. The molecule has 0 aliphatic carbocycles. The van der Waals surface area contributed by atoms with Gasteiger partial charge in [-0.1, -0.05) is 30.3 Å². The monoisotopic (exact) mass is 206 g/mol. The van der Waals surface area contributed by atoms with Crippen LogP contribution in [-0.2, 0) is 6.54 Å². The second-order valence-electron chi connectivity index (χ2n) is 4.03. The van der Waals surface area contributed by atoms with Crippen molar-refractivity contribution in [2.45, 2.75) is 25.1 Å². The van der Waals surface area contributed by atoms with Crippen LogP contribution in [0.15, 0.2) is 30.3 Å². The normalized spacial score (nSPS) is 26.5. The highest BCUT2D eigenvalue weighted by molar-refractivity contribution is 5.14. The van der Waals surface area contributed by atoms with E-state index < -0.39 is 0 Å². The van der Waals surface area contributed by atoms with Crippen molar-refractivity contribution in [1.82, 2.24) is 10.6 Å². The van der Waals surface area contributed by atoms with Gasteiger partial charge < -0.3 is 15.7 Å². The van der Waals surface area contributed by atoms with E-state index in [-0.39, 0.29) is 12.1 Å². The molecule has 3 N–H and O–H groups in total. The van der Waals surface area contributed by atoms with Gasteiger partial charge in [-0.05, 0) is 18.5 Å². The topological polar surface area (TPSA) is 44.3 Å². The van der Waals surface area contributed by atoms with Gasteiger partial charge in [-0.2, -0.15) is 0 Å². The Kier molecular flexibility index (Phi) is 3.72. The summed E-state index contributed by atoms with van der Waals surface area (Å²) in [4.78, 5) is 0. The van der Waals surface area contributed by atoms with Gasteiger partial charge in [-0.15, -0.1) is 0 Å². The summed E-state index contributed by atoms with van der Waals surface area (Å²) in [6, 6.07) is 10.5. The lowest BCUT2D eigenvalue weighted by Gasteiger charge is -2.29. The van der Waals surface area contributed by atoms with Crippen molar-refractivity contribution in [2.24, 2.45) is 0 Å². The molecule has 1 aromatic carbocycles. The van der Waals surface area contributed by atoms with Crippen LogP contribution in [0.3, 0.4) is 0 Å². The molecule has 15 heavy (non-hydrogen) atoms. The van der Waals surface area contributed by atoms with Crippen molar-refractivity contribution in [1.29, 1.82) is 0 Å². The summed E-state index contributed by atoms with van der Waals surface area (Å²) in [5.41, 5.74) is 1.27. The number of hydrogen-bond acceptors (Lipinski definition) is 3. The quantitative estimate of drug-likeness (QED) is 0.675. The molecule has 0 radical (unpaired) electrons. The zero-order chi connectivity index (χ0) is 10.5. The van der Waals surface area contributed by atoms with Gasteiger partial charge in [0.1, 0.15) is 0 Å². The molecule has 2 atom stereocenters. The maximum atomic E-state index is 9.72. The van der Waals surface area contributed by atoms with Gasteiger partial charge in [-0.3, -0.25) is 0 Å². The van der Waals surface area contributed by atoms with Gasteiger partial charge in [0.25, 0.3) is 0 Å². The largest absolute Gasteiger partial charge is 0.390 e. The van der Waals surface area contributed by atoms with Gasteiger partial charge in [-0.25, -0.2) is 0 Å². The van der Waals surface area contributed by atoms with E-state index in [0.717, 1.165) is 19.5 Å². The summed E-state index contributed by atoms with van der Waals surface area (Å²) in [5.74, 6) is 0. The van der Waals surface area contributed by atoms with E-state index in [2.05, 4.69) is 22.8 Å². The minimum absolute atomic E-state index is 0.228. The fourth-order valence-electron chi connectivity index (χ4n) is 1.93. The van der Waals surface area contributed by atoms with Crippen LogP contribution in [-0.4, -0.2) is 30.3 Å². The molecule has 1 fully saturated rings. The van der Waals surface area contributed by atoms with Crippen molar-refractivity contribution in [3.63, 3.8) is 0 Å². The SMILES string of the molecule is O[C@H]1CNCC[C@@H]1NCc1ccccc1. The van der Waals surface area contributed by atoms with E-state index >= 15 is 0 Å². The fraction of sp³-hybridized carbons (Fsp3) is 0.500. The molecule has 0 spiro atoms. The van der Waals surface area contributed by atoms with Gasteiger partial charge in [0.05, 0.1) is 6.10 Å². The van der Waals surface area contributed by atoms with Gasteiger partial charge in [0.2, 0.25) is 0 Å². The van der Waals surface area contributed by atoms with Crippen LogP contribution in [0.2, 0.25) is 0 Å². The maximum absolute atomic E-state index is 9.72. The number of nitrogens with one attached hydrogen (secondary N) is 2. The summed E-state index contributed by atoms with van der Waals surface area (Å²) >= 11 is 0. The smallest absolute Gasteiger partial charge is 0.0817 e. The summed E-state index contributed by atoms with van der Waals surface area (Å²) < 4.78 is 0.